The van der Waals surface area contributed by atoms with Crippen molar-refractivity contribution in [2.75, 3.05) is 22.3 Å². The van der Waals surface area contributed by atoms with Gasteiger partial charge in [0, 0.05) is 28.7 Å². The fourth-order valence-corrected chi connectivity index (χ4v) is 3.12. The molecule has 1 amide bonds. The third-order valence-electron chi connectivity index (χ3n) is 3.89. The number of nitrogen functional groups attached to an aromatic ring is 1. The average Bonchev–Trinajstić information content (AvgIpc) is 3.07. The highest BCUT2D eigenvalue weighted by Gasteiger charge is 2.13. The number of hydrazone groups is 1. The number of benzene rings is 1. The van der Waals surface area contributed by atoms with Crippen LogP contribution >= 0.6 is 23.4 Å². The Hall–Kier alpha value is -3.11. The van der Waals surface area contributed by atoms with Crippen LogP contribution in [0.1, 0.15) is 18.1 Å². The molecule has 2 aromatic heterocycles. The topological polar surface area (TPSA) is 123 Å². The van der Waals surface area contributed by atoms with Gasteiger partial charge in [-0.05, 0) is 43.7 Å². The highest BCUT2D eigenvalue weighted by molar-refractivity contribution is 7.99. The number of nitrogens with two attached hydrogens (primary N) is 1. The lowest BCUT2D eigenvalue weighted by atomic mass is 10.2. The van der Waals surface area contributed by atoms with E-state index in [1.807, 2.05) is 32.0 Å². The molecule has 0 fully saturated rings. The molecular formula is C18H19ClN8OS. The largest absolute Gasteiger partial charge is 0.334 e. The first-order chi connectivity index (χ1) is 13.9. The van der Waals surface area contributed by atoms with Gasteiger partial charge >= 0.3 is 0 Å². The number of thioether (sulfide) groups is 1. The molecule has 0 spiro atoms. The van der Waals surface area contributed by atoms with Crippen molar-refractivity contribution in [2.45, 2.75) is 19.0 Å². The number of nitrogens with one attached hydrogen (secondary N) is 2. The van der Waals surface area contributed by atoms with Gasteiger partial charge in [-0.1, -0.05) is 29.4 Å². The number of anilines is 2. The second-order valence-electron chi connectivity index (χ2n) is 6.02. The quantitative estimate of drug-likeness (QED) is 0.228. The Bertz CT molecular complexity index is 1040. The van der Waals surface area contributed by atoms with E-state index in [2.05, 4.69) is 31.0 Å². The molecule has 0 saturated heterocycles. The van der Waals surface area contributed by atoms with Gasteiger partial charge in [0.05, 0.1) is 11.5 Å². The smallest absolute Gasteiger partial charge is 0.264 e. The highest BCUT2D eigenvalue weighted by atomic mass is 35.5. The molecule has 4 N–H and O–H groups in total. The van der Waals surface area contributed by atoms with E-state index in [0.717, 1.165) is 28.6 Å². The summed E-state index contributed by atoms with van der Waals surface area (Å²) in [6.07, 6.45) is 3.37. The number of aryl methyl sites for hydroxylation is 1. The first kappa shape index (κ1) is 20.6. The van der Waals surface area contributed by atoms with Crippen molar-refractivity contribution in [1.29, 1.82) is 0 Å². The van der Waals surface area contributed by atoms with E-state index in [1.165, 1.54) is 4.68 Å². The summed E-state index contributed by atoms with van der Waals surface area (Å²) in [5.74, 6) is 6.15. The third kappa shape index (κ3) is 5.46. The van der Waals surface area contributed by atoms with Crippen LogP contribution in [0.4, 0.5) is 11.6 Å². The molecular weight excluding hydrogens is 412 g/mol. The minimum absolute atomic E-state index is 0.112. The van der Waals surface area contributed by atoms with Crippen molar-refractivity contribution < 1.29 is 4.79 Å². The minimum Gasteiger partial charge on any atom is -0.334 e. The summed E-state index contributed by atoms with van der Waals surface area (Å²) in [5, 5.41) is 15.9. The number of aromatic nitrogens is 4. The Labute approximate surface area is 176 Å². The van der Waals surface area contributed by atoms with Crippen LogP contribution in [-0.4, -0.2) is 37.2 Å². The third-order valence-corrected chi connectivity index (χ3v) is 5.07. The van der Waals surface area contributed by atoms with Gasteiger partial charge in [0.15, 0.2) is 0 Å². The van der Waals surface area contributed by atoms with E-state index in [0.29, 0.717) is 15.9 Å². The zero-order valence-corrected chi connectivity index (χ0v) is 17.3. The molecule has 0 bridgehead atoms. The van der Waals surface area contributed by atoms with Gasteiger partial charge in [0.1, 0.15) is 0 Å². The first-order valence-corrected chi connectivity index (χ1v) is 9.90. The van der Waals surface area contributed by atoms with Gasteiger partial charge in [-0.3, -0.25) is 9.78 Å². The van der Waals surface area contributed by atoms with Crippen LogP contribution in [0.15, 0.2) is 53.0 Å². The molecule has 0 aliphatic carbocycles. The zero-order valence-electron chi connectivity index (χ0n) is 15.8. The SMILES string of the molecule is C/C(=N\Nc1nnc(SCC(=O)Nc2cc(Cl)ccc2C)n1N)c1ccncc1. The van der Waals surface area contributed by atoms with Crippen molar-refractivity contribution in [3.8, 4) is 0 Å². The summed E-state index contributed by atoms with van der Waals surface area (Å²) in [6, 6.07) is 9.00. The van der Waals surface area contributed by atoms with E-state index >= 15 is 0 Å². The zero-order chi connectivity index (χ0) is 20.8. The van der Waals surface area contributed by atoms with Gasteiger partial charge in [-0.25, -0.2) is 10.1 Å². The molecule has 29 heavy (non-hydrogen) atoms. The Morgan fingerprint density at radius 3 is 2.79 bits per heavy atom. The summed E-state index contributed by atoms with van der Waals surface area (Å²) >= 11 is 7.13. The summed E-state index contributed by atoms with van der Waals surface area (Å²) in [5.41, 5.74) is 6.02. The summed E-state index contributed by atoms with van der Waals surface area (Å²) in [7, 11) is 0. The average molecular weight is 431 g/mol. The Balaban J connectivity index is 1.58. The maximum atomic E-state index is 12.2. The van der Waals surface area contributed by atoms with Crippen molar-refractivity contribution in [3.05, 3.63) is 58.9 Å². The molecule has 11 heteroatoms. The fourth-order valence-electron chi connectivity index (χ4n) is 2.29. The molecule has 0 unspecified atom stereocenters. The number of pyridine rings is 1. The molecule has 3 rings (SSSR count). The molecule has 2 heterocycles. The van der Waals surface area contributed by atoms with Gasteiger partial charge in [-0.2, -0.15) is 5.10 Å². The predicted molar refractivity (Wildman–Crippen MR) is 116 cm³/mol. The molecule has 150 valence electrons. The molecule has 1 aromatic carbocycles. The lowest BCUT2D eigenvalue weighted by Crippen LogP contribution is -2.17. The Morgan fingerprint density at radius 2 is 2.03 bits per heavy atom. The van der Waals surface area contributed by atoms with Crippen molar-refractivity contribution >= 4 is 46.6 Å². The van der Waals surface area contributed by atoms with E-state index in [4.69, 9.17) is 17.4 Å². The van der Waals surface area contributed by atoms with Gasteiger partial charge in [0.25, 0.3) is 5.95 Å². The molecule has 9 nitrogen and oxygen atoms in total. The Morgan fingerprint density at radius 1 is 1.28 bits per heavy atom. The van der Waals surface area contributed by atoms with Gasteiger partial charge in [0.2, 0.25) is 11.1 Å². The molecule has 0 aliphatic rings. The number of halogens is 1. The van der Waals surface area contributed by atoms with E-state index < -0.39 is 0 Å². The number of amides is 1. The number of carbonyl (C=O) groups excluding carboxylic acids is 1. The number of nitrogens with zero attached hydrogens (tertiary/aromatic N) is 5. The summed E-state index contributed by atoms with van der Waals surface area (Å²) in [6.45, 7) is 3.74. The number of hydrogen-bond donors (Lipinski definition) is 3. The maximum Gasteiger partial charge on any atom is 0.264 e. The van der Waals surface area contributed by atoms with Crippen LogP contribution < -0.4 is 16.6 Å². The minimum atomic E-state index is -0.204. The predicted octanol–water partition coefficient (Wildman–Crippen LogP) is 2.92. The van der Waals surface area contributed by atoms with Crippen molar-refractivity contribution in [3.63, 3.8) is 0 Å². The van der Waals surface area contributed by atoms with Crippen LogP contribution in [0, 0.1) is 6.92 Å². The van der Waals surface area contributed by atoms with Crippen LogP contribution in [0.3, 0.4) is 0 Å². The highest BCUT2D eigenvalue weighted by Crippen LogP contribution is 2.21. The van der Waals surface area contributed by atoms with Crippen LogP contribution in [0.25, 0.3) is 0 Å². The molecule has 0 radical (unpaired) electrons. The van der Waals surface area contributed by atoms with Crippen molar-refractivity contribution in [2.24, 2.45) is 5.10 Å². The fraction of sp³-hybridized carbons (Fsp3) is 0.167. The van der Waals surface area contributed by atoms with Crippen LogP contribution in [0.5, 0.6) is 0 Å². The second-order valence-corrected chi connectivity index (χ2v) is 7.40. The number of rotatable bonds is 7. The number of hydrogen-bond acceptors (Lipinski definition) is 8. The second kappa shape index (κ2) is 9.39. The van der Waals surface area contributed by atoms with Crippen molar-refractivity contribution in [1.82, 2.24) is 19.9 Å². The molecule has 0 atom stereocenters. The first-order valence-electron chi connectivity index (χ1n) is 8.54. The summed E-state index contributed by atoms with van der Waals surface area (Å²) < 4.78 is 1.24. The standard InChI is InChI=1S/C18H19ClN8OS/c1-11-3-4-14(19)9-15(11)22-16(28)10-29-18-26-25-17(27(18)20)24-23-12(2)13-5-7-21-8-6-13/h3-9H,10,20H2,1-2H3,(H,22,28)(H,24,25)/b23-12+. The molecule has 0 saturated carbocycles. The summed E-state index contributed by atoms with van der Waals surface area (Å²) in [4.78, 5) is 16.2. The van der Waals surface area contributed by atoms with Gasteiger partial charge < -0.3 is 11.2 Å². The lowest BCUT2D eigenvalue weighted by Gasteiger charge is -2.08. The molecule has 3 aromatic rings. The number of carbonyl (C=O) groups is 1. The lowest BCUT2D eigenvalue weighted by molar-refractivity contribution is -0.113. The van der Waals surface area contributed by atoms with Gasteiger partial charge in [-0.15, -0.1) is 10.2 Å². The van der Waals surface area contributed by atoms with Crippen LogP contribution in [0.2, 0.25) is 5.02 Å². The Kier molecular flexibility index (Phi) is 6.68. The van der Waals surface area contributed by atoms with E-state index in [1.54, 1.807) is 24.5 Å². The molecule has 0 aliphatic heterocycles. The van der Waals surface area contributed by atoms with Crippen LogP contribution in [-0.2, 0) is 4.79 Å². The maximum absolute atomic E-state index is 12.2. The van der Waals surface area contributed by atoms with E-state index in [-0.39, 0.29) is 17.6 Å². The monoisotopic (exact) mass is 430 g/mol. The van der Waals surface area contributed by atoms with E-state index in [9.17, 15) is 4.79 Å². The normalized spacial score (nSPS) is 11.3.